The van der Waals surface area contributed by atoms with Crippen LogP contribution in [0.1, 0.15) is 19.8 Å². The maximum atomic E-state index is 10.9. The Morgan fingerprint density at radius 1 is 1.80 bits per heavy atom. The Morgan fingerprint density at radius 3 is 2.70 bits per heavy atom. The van der Waals surface area contributed by atoms with Crippen LogP contribution >= 0.6 is 0 Å². The summed E-state index contributed by atoms with van der Waals surface area (Å²) in [5.41, 5.74) is 0. The molecule has 0 bridgehead atoms. The van der Waals surface area contributed by atoms with E-state index in [9.17, 15) is 4.79 Å². The minimum atomic E-state index is -0.309. The number of methoxy groups -OCH3 is 1. The summed E-state index contributed by atoms with van der Waals surface area (Å²) in [6.07, 6.45) is 5.51. The summed E-state index contributed by atoms with van der Waals surface area (Å²) in [5.74, 6) is 2.28. The molecule has 0 N–H and O–H groups in total. The van der Waals surface area contributed by atoms with Crippen LogP contribution in [0.3, 0.4) is 0 Å². The van der Waals surface area contributed by atoms with Gasteiger partial charge >= 0.3 is 0 Å². The molecule has 56 valence electrons. The van der Waals surface area contributed by atoms with E-state index in [0.717, 1.165) is 0 Å². The third-order valence-corrected chi connectivity index (χ3v) is 1.29. The maximum Gasteiger partial charge on any atom is 0.173 e. The first kappa shape index (κ1) is 9.19. The van der Waals surface area contributed by atoms with Crippen LogP contribution in [-0.4, -0.2) is 19.0 Å². The monoisotopic (exact) mass is 140 g/mol. The highest BCUT2D eigenvalue weighted by atomic mass is 16.5. The molecular weight excluding hydrogens is 128 g/mol. The fourth-order valence-electron chi connectivity index (χ4n) is 0.740. The van der Waals surface area contributed by atoms with Crippen LogP contribution in [0.15, 0.2) is 0 Å². The van der Waals surface area contributed by atoms with Crippen molar-refractivity contribution in [1.29, 1.82) is 0 Å². The van der Waals surface area contributed by atoms with Gasteiger partial charge < -0.3 is 4.74 Å². The summed E-state index contributed by atoms with van der Waals surface area (Å²) >= 11 is 0. The number of hydrogen-bond donors (Lipinski definition) is 0. The molecule has 1 unspecified atom stereocenters. The standard InChI is InChI=1S/C8H12O2/c1-4-6-7(9)8(5-2)10-3/h1,8H,5-6H2,2-3H3. The smallest absolute Gasteiger partial charge is 0.173 e. The Bertz CT molecular complexity index is 140. The summed E-state index contributed by atoms with van der Waals surface area (Å²) < 4.78 is 4.87. The second-order valence-electron chi connectivity index (χ2n) is 1.98. The summed E-state index contributed by atoms with van der Waals surface area (Å²) in [7, 11) is 1.52. The first-order chi connectivity index (χ1) is 4.76. The van der Waals surface area contributed by atoms with Crippen LogP contribution in [-0.2, 0) is 9.53 Å². The lowest BCUT2D eigenvalue weighted by atomic mass is 10.1. The SMILES string of the molecule is C#CCC(=O)C(CC)OC. The first-order valence-corrected chi connectivity index (χ1v) is 3.25. The fourth-order valence-corrected chi connectivity index (χ4v) is 0.740. The highest BCUT2D eigenvalue weighted by molar-refractivity contribution is 5.84. The van der Waals surface area contributed by atoms with E-state index < -0.39 is 0 Å². The Morgan fingerprint density at radius 2 is 2.40 bits per heavy atom. The minimum absolute atomic E-state index is 0.00694. The van der Waals surface area contributed by atoms with E-state index in [1.807, 2.05) is 6.92 Å². The minimum Gasteiger partial charge on any atom is -0.374 e. The molecule has 0 heterocycles. The largest absolute Gasteiger partial charge is 0.374 e. The Kier molecular flexibility index (Phi) is 4.61. The van der Waals surface area contributed by atoms with Crippen molar-refractivity contribution in [3.63, 3.8) is 0 Å². The van der Waals surface area contributed by atoms with Gasteiger partial charge in [0.15, 0.2) is 5.78 Å². The Labute approximate surface area is 61.6 Å². The third kappa shape index (κ3) is 2.65. The van der Waals surface area contributed by atoms with Crippen molar-refractivity contribution in [1.82, 2.24) is 0 Å². The van der Waals surface area contributed by atoms with E-state index in [-0.39, 0.29) is 18.3 Å². The summed E-state index contributed by atoms with van der Waals surface area (Å²) in [5, 5.41) is 0. The highest BCUT2D eigenvalue weighted by Crippen LogP contribution is 1.99. The zero-order chi connectivity index (χ0) is 7.98. The molecule has 0 amide bonds. The van der Waals surface area contributed by atoms with Crippen LogP contribution in [0.2, 0.25) is 0 Å². The second kappa shape index (κ2) is 5.01. The highest BCUT2D eigenvalue weighted by Gasteiger charge is 2.12. The van der Waals surface area contributed by atoms with E-state index in [2.05, 4.69) is 5.92 Å². The predicted molar refractivity (Wildman–Crippen MR) is 39.5 cm³/mol. The van der Waals surface area contributed by atoms with Crippen molar-refractivity contribution in [3.05, 3.63) is 0 Å². The van der Waals surface area contributed by atoms with E-state index >= 15 is 0 Å². The number of terminal acetylenes is 1. The van der Waals surface area contributed by atoms with Gasteiger partial charge in [-0.25, -0.2) is 0 Å². The van der Waals surface area contributed by atoms with Gasteiger partial charge in [0.05, 0.1) is 6.42 Å². The summed E-state index contributed by atoms with van der Waals surface area (Å²) in [4.78, 5) is 10.9. The summed E-state index contributed by atoms with van der Waals surface area (Å²) in [6, 6.07) is 0. The molecular formula is C8H12O2. The van der Waals surface area contributed by atoms with Crippen LogP contribution < -0.4 is 0 Å². The second-order valence-corrected chi connectivity index (χ2v) is 1.98. The molecule has 0 rings (SSSR count). The fraction of sp³-hybridized carbons (Fsp3) is 0.625. The van der Waals surface area contributed by atoms with Gasteiger partial charge in [-0.1, -0.05) is 12.8 Å². The van der Waals surface area contributed by atoms with Gasteiger partial charge in [-0.2, -0.15) is 0 Å². The van der Waals surface area contributed by atoms with Crippen molar-refractivity contribution in [2.24, 2.45) is 0 Å². The average molecular weight is 140 g/mol. The number of ether oxygens (including phenoxy) is 1. The molecule has 1 atom stereocenters. The lowest BCUT2D eigenvalue weighted by molar-refractivity contribution is -0.127. The summed E-state index contributed by atoms with van der Waals surface area (Å²) in [6.45, 7) is 1.89. The van der Waals surface area contributed by atoms with Gasteiger partial charge in [-0.3, -0.25) is 4.79 Å². The van der Waals surface area contributed by atoms with Crippen molar-refractivity contribution >= 4 is 5.78 Å². The number of ketones is 1. The molecule has 0 spiro atoms. The van der Waals surface area contributed by atoms with Crippen LogP contribution in [0.4, 0.5) is 0 Å². The van der Waals surface area contributed by atoms with Crippen LogP contribution in [0.25, 0.3) is 0 Å². The zero-order valence-electron chi connectivity index (χ0n) is 6.39. The molecule has 0 aromatic rings. The Balaban J connectivity index is 3.79. The van der Waals surface area contributed by atoms with Crippen LogP contribution in [0.5, 0.6) is 0 Å². The normalized spacial score (nSPS) is 12.1. The van der Waals surface area contributed by atoms with E-state index in [0.29, 0.717) is 6.42 Å². The Hall–Kier alpha value is -0.810. The van der Waals surface area contributed by atoms with E-state index in [1.165, 1.54) is 7.11 Å². The number of carbonyl (C=O) groups is 1. The molecule has 0 aliphatic rings. The van der Waals surface area contributed by atoms with Gasteiger partial charge in [0.1, 0.15) is 6.10 Å². The van der Waals surface area contributed by atoms with Gasteiger partial charge in [0.2, 0.25) is 0 Å². The third-order valence-electron chi connectivity index (χ3n) is 1.29. The zero-order valence-corrected chi connectivity index (χ0v) is 6.39. The average Bonchev–Trinajstić information content (AvgIpc) is 1.91. The molecule has 0 aliphatic carbocycles. The molecule has 0 saturated carbocycles. The quantitative estimate of drug-likeness (QED) is 0.544. The lowest BCUT2D eigenvalue weighted by Crippen LogP contribution is -2.21. The van der Waals surface area contributed by atoms with Gasteiger partial charge in [0, 0.05) is 7.11 Å². The van der Waals surface area contributed by atoms with Crippen molar-refractivity contribution in [2.45, 2.75) is 25.9 Å². The molecule has 0 aliphatic heterocycles. The predicted octanol–water partition coefficient (Wildman–Crippen LogP) is 1.00. The van der Waals surface area contributed by atoms with Gasteiger partial charge in [0.25, 0.3) is 0 Å². The van der Waals surface area contributed by atoms with Gasteiger partial charge in [-0.05, 0) is 6.42 Å². The first-order valence-electron chi connectivity index (χ1n) is 3.25. The van der Waals surface area contributed by atoms with Crippen molar-refractivity contribution < 1.29 is 9.53 Å². The number of hydrogen-bond acceptors (Lipinski definition) is 2. The molecule has 0 saturated heterocycles. The molecule has 0 radical (unpaired) electrons. The van der Waals surface area contributed by atoms with Crippen LogP contribution in [0, 0.1) is 12.3 Å². The molecule has 0 aromatic heterocycles. The van der Waals surface area contributed by atoms with Crippen molar-refractivity contribution in [3.8, 4) is 12.3 Å². The van der Waals surface area contributed by atoms with Gasteiger partial charge in [-0.15, -0.1) is 6.42 Å². The molecule has 2 heteroatoms. The number of carbonyl (C=O) groups excluding carboxylic acids is 1. The molecule has 2 nitrogen and oxygen atoms in total. The molecule has 0 fully saturated rings. The topological polar surface area (TPSA) is 26.3 Å². The van der Waals surface area contributed by atoms with Crippen molar-refractivity contribution in [2.75, 3.05) is 7.11 Å². The maximum absolute atomic E-state index is 10.9. The van der Waals surface area contributed by atoms with E-state index in [4.69, 9.17) is 11.2 Å². The number of rotatable bonds is 4. The van der Waals surface area contributed by atoms with E-state index in [1.54, 1.807) is 0 Å². The number of Topliss-reactive ketones (excluding diaryl/α,β-unsaturated/α-hetero) is 1. The molecule has 10 heavy (non-hydrogen) atoms. The lowest BCUT2D eigenvalue weighted by Gasteiger charge is -2.08. The molecule has 0 aromatic carbocycles.